The van der Waals surface area contributed by atoms with Crippen LogP contribution >= 0.6 is 11.3 Å². The summed E-state index contributed by atoms with van der Waals surface area (Å²) in [4.78, 5) is 28.5. The topological polar surface area (TPSA) is 71.0 Å². The third-order valence-corrected chi connectivity index (χ3v) is 7.28. The molecular weight excluding hydrogens is 549 g/mol. The Morgan fingerprint density at radius 3 is 2.38 bits per heavy atom. The van der Waals surface area contributed by atoms with Crippen LogP contribution in [0.3, 0.4) is 0 Å². The lowest BCUT2D eigenvalue weighted by Crippen LogP contribution is -2.28. The predicted molar refractivity (Wildman–Crippen MR) is 146 cm³/mol. The molecule has 40 heavy (non-hydrogen) atoms. The number of benzene rings is 1. The van der Waals surface area contributed by atoms with E-state index in [1.54, 1.807) is 17.3 Å². The average molecular weight is 582 g/mol. The van der Waals surface area contributed by atoms with Gasteiger partial charge in [-0.05, 0) is 63.4 Å². The maximum Gasteiger partial charge on any atom is 0.416 e. The molecule has 3 aromatic rings. The molecule has 2 aromatic heterocycles. The molecule has 1 amide bonds. The van der Waals surface area contributed by atoms with Crippen molar-refractivity contribution in [1.29, 1.82) is 0 Å². The van der Waals surface area contributed by atoms with Gasteiger partial charge < -0.3 is 10.2 Å². The molecule has 1 atom stereocenters. The summed E-state index contributed by atoms with van der Waals surface area (Å²) in [6.07, 6.45) is 2.32. The number of rotatable bonds is 8. The summed E-state index contributed by atoms with van der Waals surface area (Å²) in [6.45, 7) is 8.61. The first-order valence-corrected chi connectivity index (χ1v) is 13.4. The third kappa shape index (κ3) is 8.14. The highest BCUT2D eigenvalue weighted by Crippen LogP contribution is 2.36. The highest BCUT2D eigenvalue weighted by molar-refractivity contribution is 7.16. The first kappa shape index (κ1) is 31.3. The fourth-order valence-corrected chi connectivity index (χ4v) is 4.64. The molecule has 1 aliphatic carbocycles. The number of hydrogen-bond acceptors (Lipinski definition) is 6. The fourth-order valence-electron chi connectivity index (χ4n) is 3.73. The van der Waals surface area contributed by atoms with Crippen molar-refractivity contribution in [3.63, 3.8) is 0 Å². The molecule has 1 N–H and O–H groups in total. The Morgan fingerprint density at radius 2 is 1.82 bits per heavy atom. The molecule has 6 nitrogen and oxygen atoms in total. The van der Waals surface area contributed by atoms with Crippen molar-refractivity contribution < 1.29 is 26.7 Å². The van der Waals surface area contributed by atoms with E-state index in [0.717, 1.165) is 46.8 Å². The van der Waals surface area contributed by atoms with Gasteiger partial charge in [0.05, 0.1) is 23.1 Å². The summed E-state index contributed by atoms with van der Waals surface area (Å²) in [7, 11) is 3.75. The summed E-state index contributed by atoms with van der Waals surface area (Å²) >= 11 is 1.39. The summed E-state index contributed by atoms with van der Waals surface area (Å²) in [6, 6.07) is 2.28. The zero-order chi connectivity index (χ0) is 29.8. The van der Waals surface area contributed by atoms with Gasteiger partial charge in [-0.3, -0.25) is 9.78 Å². The lowest BCUT2D eigenvalue weighted by Gasteiger charge is -2.15. The minimum absolute atomic E-state index is 0.0198. The van der Waals surface area contributed by atoms with Crippen LogP contribution in [0, 0.1) is 12.8 Å². The molecule has 1 unspecified atom stereocenters. The van der Waals surface area contributed by atoms with Crippen molar-refractivity contribution in [2.45, 2.75) is 51.8 Å². The monoisotopic (exact) mass is 581 g/mol. The smallest absolute Gasteiger partial charge is 0.341 e. The minimum atomic E-state index is -4.64. The quantitative estimate of drug-likeness (QED) is 0.287. The molecule has 1 aromatic carbocycles. The van der Waals surface area contributed by atoms with E-state index in [-0.39, 0.29) is 17.5 Å². The van der Waals surface area contributed by atoms with E-state index in [4.69, 9.17) is 0 Å². The standard InChI is InChI=1S/C17H23N5OS.C11H9F5/c1-10-7-19-15(14(21-10)11(2)18-3)16-20-8-13(24-16)17(23)22(4)9-12-5-6-12;1-3-7-4-8(10(2,12)13)6-9(5-7)11(14,15)16/h7-8,11-12,18H,5-6,9H2,1-4H3;3-6H,1H2,2H3. The number of aromatic nitrogens is 3. The van der Waals surface area contributed by atoms with Crippen molar-refractivity contribution in [1.82, 2.24) is 25.2 Å². The van der Waals surface area contributed by atoms with Gasteiger partial charge in [0.15, 0.2) is 0 Å². The summed E-state index contributed by atoms with van der Waals surface area (Å²) in [5, 5.41) is 3.93. The Labute approximate surface area is 234 Å². The van der Waals surface area contributed by atoms with Gasteiger partial charge in [-0.1, -0.05) is 12.7 Å². The van der Waals surface area contributed by atoms with Crippen LogP contribution in [-0.4, -0.2) is 46.4 Å². The number of hydrogen-bond donors (Lipinski definition) is 1. The van der Waals surface area contributed by atoms with Crippen molar-refractivity contribution in [2.75, 3.05) is 20.6 Å². The number of carbonyl (C=O) groups excluding carboxylic acids is 1. The van der Waals surface area contributed by atoms with E-state index >= 15 is 0 Å². The summed E-state index contributed by atoms with van der Waals surface area (Å²) < 4.78 is 63.1. The molecule has 0 aliphatic heterocycles. The number of aryl methyl sites for hydroxylation is 1. The second kappa shape index (κ2) is 12.5. The van der Waals surface area contributed by atoms with E-state index in [1.165, 1.54) is 24.2 Å². The number of alkyl halides is 5. The number of carbonyl (C=O) groups is 1. The van der Waals surface area contributed by atoms with E-state index < -0.39 is 23.2 Å². The van der Waals surface area contributed by atoms with Crippen LogP contribution in [0.25, 0.3) is 16.8 Å². The molecule has 4 rings (SSSR count). The minimum Gasteiger partial charge on any atom is -0.341 e. The Morgan fingerprint density at radius 1 is 1.18 bits per heavy atom. The van der Waals surface area contributed by atoms with E-state index in [2.05, 4.69) is 26.8 Å². The first-order chi connectivity index (χ1) is 18.6. The van der Waals surface area contributed by atoms with Gasteiger partial charge in [0.25, 0.3) is 11.8 Å². The molecule has 0 radical (unpaired) electrons. The van der Waals surface area contributed by atoms with Crippen LogP contribution in [0.2, 0.25) is 0 Å². The fraction of sp³-hybridized carbons (Fsp3) is 0.429. The Hall–Kier alpha value is -3.25. The van der Waals surface area contributed by atoms with Gasteiger partial charge in [0.2, 0.25) is 0 Å². The van der Waals surface area contributed by atoms with Gasteiger partial charge in [-0.25, -0.2) is 18.7 Å². The number of nitrogens with zero attached hydrogens (tertiary/aromatic N) is 4. The molecule has 0 spiro atoms. The number of nitrogens with one attached hydrogen (secondary N) is 1. The first-order valence-electron chi connectivity index (χ1n) is 12.6. The lowest BCUT2D eigenvalue weighted by molar-refractivity contribution is -0.137. The largest absolute Gasteiger partial charge is 0.416 e. The zero-order valence-corrected chi connectivity index (χ0v) is 23.8. The van der Waals surface area contributed by atoms with Crippen molar-refractivity contribution in [3.05, 3.63) is 70.1 Å². The van der Waals surface area contributed by atoms with E-state index in [9.17, 15) is 26.7 Å². The Bertz CT molecular complexity index is 1320. The van der Waals surface area contributed by atoms with Gasteiger partial charge >= 0.3 is 6.18 Å². The van der Waals surface area contributed by atoms with Gasteiger partial charge in [-0.15, -0.1) is 11.3 Å². The molecule has 1 fully saturated rings. The van der Waals surface area contributed by atoms with Crippen molar-refractivity contribution in [2.24, 2.45) is 5.92 Å². The molecule has 2 heterocycles. The number of thiazole rings is 1. The SMILES string of the molecule is C=Cc1cc(C(C)(F)F)cc(C(F)(F)F)c1.CNC(C)c1nc(C)cnc1-c1ncc(C(=O)N(C)CC2CC2)s1. The normalized spacial score (nSPS) is 14.2. The highest BCUT2D eigenvalue weighted by Gasteiger charge is 2.34. The Balaban J connectivity index is 0.000000241. The maximum atomic E-state index is 12.9. The molecule has 12 heteroatoms. The van der Waals surface area contributed by atoms with Crippen LogP contribution in [0.5, 0.6) is 0 Å². The molecular formula is C28H32F5N5OS. The molecule has 0 saturated heterocycles. The van der Waals surface area contributed by atoms with Crippen molar-refractivity contribution >= 4 is 23.3 Å². The molecule has 216 valence electrons. The van der Waals surface area contributed by atoms with E-state index in [0.29, 0.717) is 23.8 Å². The summed E-state index contributed by atoms with van der Waals surface area (Å²) in [5.74, 6) is -2.59. The van der Waals surface area contributed by atoms with Gasteiger partial charge in [0, 0.05) is 38.3 Å². The lowest BCUT2D eigenvalue weighted by atomic mass is 10.0. The van der Waals surface area contributed by atoms with E-state index in [1.807, 2.05) is 27.9 Å². The average Bonchev–Trinajstić information content (AvgIpc) is 3.58. The van der Waals surface area contributed by atoms with Crippen LogP contribution in [0.4, 0.5) is 22.0 Å². The van der Waals surface area contributed by atoms with Crippen LogP contribution in [0.15, 0.2) is 37.2 Å². The van der Waals surface area contributed by atoms with Crippen LogP contribution in [-0.2, 0) is 12.1 Å². The highest BCUT2D eigenvalue weighted by atomic mass is 32.1. The summed E-state index contributed by atoms with van der Waals surface area (Å²) in [5.41, 5.74) is 0.728. The Kier molecular flexibility index (Phi) is 9.78. The molecule has 1 saturated carbocycles. The zero-order valence-electron chi connectivity index (χ0n) is 22.9. The molecule has 1 aliphatic rings. The second-order valence-corrected chi connectivity index (χ2v) is 10.9. The number of amides is 1. The van der Waals surface area contributed by atoms with Gasteiger partial charge in [-0.2, -0.15) is 13.2 Å². The maximum absolute atomic E-state index is 12.9. The van der Waals surface area contributed by atoms with Crippen LogP contribution in [0.1, 0.15) is 70.5 Å². The van der Waals surface area contributed by atoms with Crippen LogP contribution < -0.4 is 5.32 Å². The predicted octanol–water partition coefficient (Wildman–Crippen LogP) is 7.13. The third-order valence-electron chi connectivity index (χ3n) is 6.28. The second-order valence-electron chi connectivity index (χ2n) is 9.85. The molecule has 0 bridgehead atoms. The number of halogens is 5. The van der Waals surface area contributed by atoms with Crippen molar-refractivity contribution in [3.8, 4) is 10.7 Å². The van der Waals surface area contributed by atoms with Gasteiger partial charge in [0.1, 0.15) is 15.6 Å².